The lowest BCUT2D eigenvalue weighted by Crippen LogP contribution is -2.43. The van der Waals surface area contributed by atoms with E-state index in [1.54, 1.807) is 0 Å². The number of carboxylic acids is 1. The third-order valence-electron chi connectivity index (χ3n) is 5.05. The van der Waals surface area contributed by atoms with Gasteiger partial charge in [-0.15, -0.1) is 0 Å². The summed E-state index contributed by atoms with van der Waals surface area (Å²) in [6.45, 7) is 1.85. The summed E-state index contributed by atoms with van der Waals surface area (Å²) in [5, 5.41) is 14.9. The Morgan fingerprint density at radius 1 is 1.00 bits per heavy atom. The van der Waals surface area contributed by atoms with E-state index in [4.69, 9.17) is 5.11 Å². The topological polar surface area (TPSA) is 95.5 Å². The summed E-state index contributed by atoms with van der Waals surface area (Å²) >= 11 is 0. The van der Waals surface area contributed by atoms with Crippen LogP contribution in [-0.2, 0) is 14.4 Å². The fourth-order valence-electron chi connectivity index (χ4n) is 3.65. The second-order valence-corrected chi connectivity index (χ2v) is 7.05. The fourth-order valence-corrected chi connectivity index (χ4v) is 3.65. The van der Waals surface area contributed by atoms with Gasteiger partial charge in [-0.3, -0.25) is 14.4 Å². The molecule has 0 spiro atoms. The Bertz CT molecular complexity index is 438. The SMILES string of the molecule is CC(CC(=O)NC1CCC(C(=O)O)CC1)NC(=O)C1CCCC1. The molecule has 0 bridgehead atoms. The Balaban J connectivity index is 1.66. The highest BCUT2D eigenvalue weighted by Gasteiger charge is 2.27. The van der Waals surface area contributed by atoms with Crippen molar-refractivity contribution >= 4 is 17.8 Å². The average Bonchev–Trinajstić information content (AvgIpc) is 3.01. The maximum Gasteiger partial charge on any atom is 0.306 e. The molecule has 0 heterocycles. The molecule has 3 N–H and O–H groups in total. The van der Waals surface area contributed by atoms with Crippen LogP contribution in [0.5, 0.6) is 0 Å². The van der Waals surface area contributed by atoms with Crippen LogP contribution in [0, 0.1) is 11.8 Å². The van der Waals surface area contributed by atoms with Crippen molar-refractivity contribution in [3.05, 3.63) is 0 Å². The Kier molecular flexibility index (Phi) is 6.42. The molecular weight excluding hydrogens is 296 g/mol. The highest BCUT2D eigenvalue weighted by atomic mass is 16.4. The van der Waals surface area contributed by atoms with Gasteiger partial charge in [0.25, 0.3) is 0 Å². The number of aliphatic carboxylic acids is 1. The molecular formula is C17H28N2O4. The van der Waals surface area contributed by atoms with E-state index in [-0.39, 0.29) is 42.2 Å². The lowest BCUT2D eigenvalue weighted by atomic mass is 9.86. The first-order valence-electron chi connectivity index (χ1n) is 8.78. The first kappa shape index (κ1) is 17.8. The third-order valence-corrected chi connectivity index (χ3v) is 5.05. The summed E-state index contributed by atoms with van der Waals surface area (Å²) in [4.78, 5) is 35.0. The van der Waals surface area contributed by atoms with Gasteiger partial charge >= 0.3 is 5.97 Å². The van der Waals surface area contributed by atoms with Gasteiger partial charge in [0.15, 0.2) is 0 Å². The van der Waals surface area contributed by atoms with Crippen molar-refractivity contribution in [3.63, 3.8) is 0 Å². The summed E-state index contributed by atoms with van der Waals surface area (Å²) in [6, 6.07) is -0.103. The molecule has 6 heteroatoms. The summed E-state index contributed by atoms with van der Waals surface area (Å²) in [5.41, 5.74) is 0. The number of amides is 2. The molecule has 2 rings (SSSR count). The van der Waals surface area contributed by atoms with Gasteiger partial charge in [-0.05, 0) is 45.4 Å². The van der Waals surface area contributed by atoms with Crippen molar-refractivity contribution in [2.45, 2.75) is 76.8 Å². The molecule has 23 heavy (non-hydrogen) atoms. The number of nitrogens with one attached hydrogen (secondary N) is 2. The highest BCUT2D eigenvalue weighted by Crippen LogP contribution is 2.25. The van der Waals surface area contributed by atoms with Crippen molar-refractivity contribution in [1.29, 1.82) is 0 Å². The largest absolute Gasteiger partial charge is 0.481 e. The predicted octanol–water partition coefficient (Wildman–Crippen LogP) is 1.83. The standard InChI is InChI=1S/C17H28N2O4/c1-11(18-16(21)12-4-2-3-5-12)10-15(20)19-14-8-6-13(7-9-14)17(22)23/h11-14H,2-10H2,1H3,(H,18,21)(H,19,20)(H,22,23). The smallest absolute Gasteiger partial charge is 0.306 e. The van der Waals surface area contributed by atoms with E-state index in [1.807, 2.05) is 6.92 Å². The van der Waals surface area contributed by atoms with E-state index >= 15 is 0 Å². The molecule has 2 saturated carbocycles. The van der Waals surface area contributed by atoms with Gasteiger partial charge in [-0.2, -0.15) is 0 Å². The molecule has 1 unspecified atom stereocenters. The minimum Gasteiger partial charge on any atom is -0.481 e. The molecule has 130 valence electrons. The second kappa shape index (κ2) is 8.31. The van der Waals surface area contributed by atoms with Gasteiger partial charge in [0.2, 0.25) is 11.8 Å². The summed E-state index contributed by atoms with van der Waals surface area (Å²) in [6.07, 6.45) is 7.09. The molecule has 2 aliphatic carbocycles. The normalized spacial score (nSPS) is 26.5. The minimum absolute atomic E-state index is 0.0656. The molecule has 2 fully saturated rings. The molecule has 0 aliphatic heterocycles. The Morgan fingerprint density at radius 2 is 1.61 bits per heavy atom. The quantitative estimate of drug-likeness (QED) is 0.694. The minimum atomic E-state index is -0.738. The molecule has 1 atom stereocenters. The van der Waals surface area contributed by atoms with Crippen LogP contribution in [0.1, 0.15) is 64.7 Å². The maximum atomic E-state index is 12.1. The first-order valence-corrected chi connectivity index (χ1v) is 8.78. The summed E-state index contributed by atoms with van der Waals surface area (Å²) in [7, 11) is 0. The molecule has 0 radical (unpaired) electrons. The zero-order valence-corrected chi connectivity index (χ0v) is 13.8. The molecule has 0 aromatic rings. The number of carboxylic acid groups (broad SMARTS) is 1. The number of hydrogen-bond donors (Lipinski definition) is 3. The van der Waals surface area contributed by atoms with Gasteiger partial charge in [-0.25, -0.2) is 0 Å². The molecule has 0 aromatic carbocycles. The molecule has 2 amide bonds. The average molecular weight is 324 g/mol. The van der Waals surface area contributed by atoms with Crippen molar-refractivity contribution in [2.24, 2.45) is 11.8 Å². The van der Waals surface area contributed by atoms with Crippen LogP contribution in [0.2, 0.25) is 0 Å². The van der Waals surface area contributed by atoms with Gasteiger partial charge in [0.05, 0.1) is 5.92 Å². The van der Waals surface area contributed by atoms with Crippen molar-refractivity contribution < 1.29 is 19.5 Å². The monoisotopic (exact) mass is 324 g/mol. The number of rotatable bonds is 6. The Morgan fingerprint density at radius 3 is 2.17 bits per heavy atom. The van der Waals surface area contributed by atoms with Gasteiger partial charge in [0.1, 0.15) is 0 Å². The van der Waals surface area contributed by atoms with Crippen LogP contribution in [-0.4, -0.2) is 35.0 Å². The van der Waals surface area contributed by atoms with Gasteiger partial charge in [-0.1, -0.05) is 12.8 Å². The number of carbonyl (C=O) groups is 3. The third kappa shape index (κ3) is 5.52. The predicted molar refractivity (Wildman–Crippen MR) is 85.7 cm³/mol. The zero-order chi connectivity index (χ0) is 16.8. The first-order chi connectivity index (χ1) is 11.0. The van der Waals surface area contributed by atoms with Crippen LogP contribution >= 0.6 is 0 Å². The Labute approximate surface area is 137 Å². The van der Waals surface area contributed by atoms with Gasteiger partial charge < -0.3 is 15.7 Å². The van der Waals surface area contributed by atoms with Crippen LogP contribution in [0.3, 0.4) is 0 Å². The summed E-state index contributed by atoms with van der Waals surface area (Å²) < 4.78 is 0. The van der Waals surface area contributed by atoms with E-state index in [9.17, 15) is 14.4 Å². The second-order valence-electron chi connectivity index (χ2n) is 7.05. The van der Waals surface area contributed by atoms with Crippen molar-refractivity contribution in [1.82, 2.24) is 10.6 Å². The zero-order valence-electron chi connectivity index (χ0n) is 13.8. The van der Waals surface area contributed by atoms with E-state index in [0.717, 1.165) is 25.7 Å². The molecule has 2 aliphatic rings. The fraction of sp³-hybridized carbons (Fsp3) is 0.824. The van der Waals surface area contributed by atoms with Crippen LogP contribution in [0.4, 0.5) is 0 Å². The van der Waals surface area contributed by atoms with Crippen molar-refractivity contribution in [2.75, 3.05) is 0 Å². The van der Waals surface area contributed by atoms with Crippen molar-refractivity contribution in [3.8, 4) is 0 Å². The number of carbonyl (C=O) groups excluding carboxylic acids is 2. The molecule has 0 saturated heterocycles. The lowest BCUT2D eigenvalue weighted by Gasteiger charge is -2.27. The van der Waals surface area contributed by atoms with Crippen LogP contribution in [0.25, 0.3) is 0 Å². The van der Waals surface area contributed by atoms with E-state index in [1.165, 1.54) is 0 Å². The molecule has 6 nitrogen and oxygen atoms in total. The maximum absolute atomic E-state index is 12.1. The van der Waals surface area contributed by atoms with E-state index < -0.39 is 5.97 Å². The van der Waals surface area contributed by atoms with E-state index in [0.29, 0.717) is 25.7 Å². The highest BCUT2D eigenvalue weighted by molar-refractivity contribution is 5.81. The molecule has 0 aromatic heterocycles. The van der Waals surface area contributed by atoms with Crippen LogP contribution in [0.15, 0.2) is 0 Å². The lowest BCUT2D eigenvalue weighted by molar-refractivity contribution is -0.142. The van der Waals surface area contributed by atoms with E-state index in [2.05, 4.69) is 10.6 Å². The number of hydrogen-bond acceptors (Lipinski definition) is 3. The van der Waals surface area contributed by atoms with Crippen LogP contribution < -0.4 is 10.6 Å². The summed E-state index contributed by atoms with van der Waals surface area (Å²) in [5.74, 6) is -0.884. The van der Waals surface area contributed by atoms with Gasteiger partial charge in [0, 0.05) is 24.4 Å². The Hall–Kier alpha value is -1.59.